The lowest BCUT2D eigenvalue weighted by Gasteiger charge is -2.27. The molecule has 0 aliphatic rings. The SMILES string of the molecule is CN(C)CC(C)(O)CNCC(O)c1ccc(C#N)cc1. The van der Waals surface area contributed by atoms with Crippen LogP contribution in [0.2, 0.25) is 0 Å². The molecule has 0 radical (unpaired) electrons. The summed E-state index contributed by atoms with van der Waals surface area (Å²) in [6.07, 6.45) is -0.655. The molecule has 2 atom stereocenters. The van der Waals surface area contributed by atoms with Gasteiger partial charge in [0.05, 0.1) is 23.3 Å². The number of likely N-dealkylation sites (N-methyl/N-ethyl adjacent to an activating group) is 1. The van der Waals surface area contributed by atoms with E-state index < -0.39 is 11.7 Å². The molecule has 2 unspecified atom stereocenters. The Labute approximate surface area is 120 Å². The lowest BCUT2D eigenvalue weighted by molar-refractivity contribution is 0.0308. The maximum atomic E-state index is 10.1. The lowest BCUT2D eigenvalue weighted by atomic mass is 10.1. The van der Waals surface area contributed by atoms with E-state index in [4.69, 9.17) is 5.26 Å². The fraction of sp³-hybridized carbons (Fsp3) is 0.533. The van der Waals surface area contributed by atoms with Crippen LogP contribution >= 0.6 is 0 Å². The van der Waals surface area contributed by atoms with Crippen molar-refractivity contribution in [3.63, 3.8) is 0 Å². The van der Waals surface area contributed by atoms with Crippen LogP contribution in [0.3, 0.4) is 0 Å². The van der Waals surface area contributed by atoms with E-state index in [1.54, 1.807) is 31.2 Å². The van der Waals surface area contributed by atoms with Crippen molar-refractivity contribution in [1.82, 2.24) is 10.2 Å². The zero-order chi connectivity index (χ0) is 15.2. The van der Waals surface area contributed by atoms with Crippen LogP contribution in [0.15, 0.2) is 24.3 Å². The Morgan fingerprint density at radius 3 is 2.45 bits per heavy atom. The molecule has 5 heteroatoms. The van der Waals surface area contributed by atoms with E-state index in [1.165, 1.54) is 0 Å². The molecule has 0 saturated heterocycles. The van der Waals surface area contributed by atoms with Gasteiger partial charge in [-0.3, -0.25) is 0 Å². The van der Waals surface area contributed by atoms with Crippen molar-refractivity contribution in [2.45, 2.75) is 18.6 Å². The Hall–Kier alpha value is -1.45. The highest BCUT2D eigenvalue weighted by molar-refractivity contribution is 5.32. The number of benzene rings is 1. The largest absolute Gasteiger partial charge is 0.388 e. The van der Waals surface area contributed by atoms with Gasteiger partial charge in [0.1, 0.15) is 0 Å². The average molecular weight is 277 g/mol. The topological polar surface area (TPSA) is 79.5 Å². The predicted octanol–water partition coefficient (Wildman–Crippen LogP) is 0.494. The van der Waals surface area contributed by atoms with Crippen LogP contribution in [-0.2, 0) is 0 Å². The van der Waals surface area contributed by atoms with Crippen molar-refractivity contribution in [3.05, 3.63) is 35.4 Å². The lowest BCUT2D eigenvalue weighted by Crippen LogP contribution is -2.46. The quantitative estimate of drug-likeness (QED) is 0.676. The molecule has 0 spiro atoms. The smallest absolute Gasteiger partial charge is 0.0991 e. The summed E-state index contributed by atoms with van der Waals surface area (Å²) in [4.78, 5) is 1.92. The summed E-state index contributed by atoms with van der Waals surface area (Å²) in [7, 11) is 3.81. The van der Waals surface area contributed by atoms with Gasteiger partial charge in [0, 0.05) is 19.6 Å². The summed E-state index contributed by atoms with van der Waals surface area (Å²) in [6.45, 7) is 3.06. The number of hydrogen-bond donors (Lipinski definition) is 3. The van der Waals surface area contributed by atoms with Crippen molar-refractivity contribution < 1.29 is 10.2 Å². The number of nitriles is 1. The summed E-state index contributed by atoms with van der Waals surface area (Å²) in [5, 5.41) is 31.9. The molecule has 0 heterocycles. The fourth-order valence-electron chi connectivity index (χ4n) is 2.11. The first kappa shape index (κ1) is 16.6. The molecule has 0 amide bonds. The number of aliphatic hydroxyl groups is 2. The standard InChI is InChI=1S/C15H23N3O2/c1-15(20,11-18(2)3)10-17-9-14(19)13-6-4-12(8-16)5-7-13/h4-7,14,17,19-20H,9-11H2,1-3H3. The highest BCUT2D eigenvalue weighted by Crippen LogP contribution is 2.13. The molecule has 1 aromatic carbocycles. The Balaban J connectivity index is 2.43. The third kappa shape index (κ3) is 5.68. The van der Waals surface area contributed by atoms with Crippen LogP contribution in [0.5, 0.6) is 0 Å². The fourth-order valence-corrected chi connectivity index (χ4v) is 2.11. The summed E-state index contributed by atoms with van der Waals surface area (Å²) < 4.78 is 0. The van der Waals surface area contributed by atoms with Gasteiger partial charge in [0.2, 0.25) is 0 Å². The minimum absolute atomic E-state index is 0.357. The molecule has 0 aliphatic heterocycles. The third-order valence-electron chi connectivity index (χ3n) is 2.92. The maximum absolute atomic E-state index is 10.1. The zero-order valence-electron chi connectivity index (χ0n) is 12.3. The van der Waals surface area contributed by atoms with Crippen molar-refractivity contribution >= 4 is 0 Å². The van der Waals surface area contributed by atoms with E-state index in [9.17, 15) is 10.2 Å². The molecule has 5 nitrogen and oxygen atoms in total. The van der Waals surface area contributed by atoms with Crippen LogP contribution < -0.4 is 5.32 Å². The van der Waals surface area contributed by atoms with Crippen molar-refractivity contribution in [2.75, 3.05) is 33.7 Å². The summed E-state index contributed by atoms with van der Waals surface area (Å²) in [6, 6.07) is 8.88. The molecule has 110 valence electrons. The average Bonchev–Trinajstić information content (AvgIpc) is 2.37. The van der Waals surface area contributed by atoms with Crippen LogP contribution in [0.1, 0.15) is 24.2 Å². The molecule has 0 aliphatic carbocycles. The first-order valence-corrected chi connectivity index (χ1v) is 6.60. The van der Waals surface area contributed by atoms with Gasteiger partial charge in [-0.05, 0) is 38.7 Å². The van der Waals surface area contributed by atoms with Gasteiger partial charge >= 0.3 is 0 Å². The Morgan fingerprint density at radius 2 is 1.95 bits per heavy atom. The minimum atomic E-state index is -0.839. The molecule has 3 N–H and O–H groups in total. The Bertz CT molecular complexity index is 449. The molecule has 0 saturated carbocycles. The first-order chi connectivity index (χ1) is 9.34. The molecule has 0 fully saturated rings. The normalized spacial score (nSPS) is 15.7. The molecular formula is C15H23N3O2. The monoisotopic (exact) mass is 277 g/mol. The summed E-state index contributed by atoms with van der Waals surface area (Å²) in [5.74, 6) is 0. The first-order valence-electron chi connectivity index (χ1n) is 6.60. The zero-order valence-corrected chi connectivity index (χ0v) is 12.3. The highest BCUT2D eigenvalue weighted by atomic mass is 16.3. The van der Waals surface area contributed by atoms with Gasteiger partial charge in [-0.1, -0.05) is 12.1 Å². The number of rotatable bonds is 7. The van der Waals surface area contributed by atoms with Crippen molar-refractivity contribution in [1.29, 1.82) is 5.26 Å². The van der Waals surface area contributed by atoms with Crippen molar-refractivity contribution in [2.24, 2.45) is 0 Å². The summed E-state index contributed by atoms with van der Waals surface area (Å²) >= 11 is 0. The second-order valence-corrected chi connectivity index (χ2v) is 5.62. The van der Waals surface area contributed by atoms with E-state index in [2.05, 4.69) is 5.32 Å². The number of aliphatic hydroxyl groups excluding tert-OH is 1. The third-order valence-corrected chi connectivity index (χ3v) is 2.92. The second kappa shape index (κ2) is 7.36. The van der Waals surface area contributed by atoms with E-state index in [0.29, 0.717) is 25.2 Å². The Morgan fingerprint density at radius 1 is 1.35 bits per heavy atom. The number of hydrogen-bond acceptors (Lipinski definition) is 5. The second-order valence-electron chi connectivity index (χ2n) is 5.62. The number of nitrogens with zero attached hydrogens (tertiary/aromatic N) is 2. The van der Waals surface area contributed by atoms with Gasteiger partial charge in [-0.15, -0.1) is 0 Å². The van der Waals surface area contributed by atoms with Gasteiger partial charge < -0.3 is 20.4 Å². The van der Waals surface area contributed by atoms with E-state index in [-0.39, 0.29) is 0 Å². The molecule has 1 aromatic rings. The molecule has 0 bridgehead atoms. The van der Waals surface area contributed by atoms with Crippen LogP contribution in [-0.4, -0.2) is 54.4 Å². The van der Waals surface area contributed by atoms with E-state index in [1.807, 2.05) is 25.1 Å². The number of nitrogens with one attached hydrogen (secondary N) is 1. The van der Waals surface area contributed by atoms with Gasteiger partial charge in [0.15, 0.2) is 0 Å². The maximum Gasteiger partial charge on any atom is 0.0991 e. The molecular weight excluding hydrogens is 254 g/mol. The van der Waals surface area contributed by atoms with Crippen LogP contribution in [0.4, 0.5) is 0 Å². The van der Waals surface area contributed by atoms with Crippen LogP contribution in [0, 0.1) is 11.3 Å². The van der Waals surface area contributed by atoms with Gasteiger partial charge in [0.25, 0.3) is 0 Å². The Kier molecular flexibility index (Phi) is 6.11. The molecule has 0 aromatic heterocycles. The van der Waals surface area contributed by atoms with Gasteiger partial charge in [-0.25, -0.2) is 0 Å². The van der Waals surface area contributed by atoms with E-state index >= 15 is 0 Å². The minimum Gasteiger partial charge on any atom is -0.388 e. The highest BCUT2D eigenvalue weighted by Gasteiger charge is 2.21. The van der Waals surface area contributed by atoms with Crippen molar-refractivity contribution in [3.8, 4) is 6.07 Å². The molecule has 20 heavy (non-hydrogen) atoms. The van der Waals surface area contributed by atoms with E-state index in [0.717, 1.165) is 5.56 Å². The van der Waals surface area contributed by atoms with Crippen LogP contribution in [0.25, 0.3) is 0 Å². The molecule has 1 rings (SSSR count). The van der Waals surface area contributed by atoms with Gasteiger partial charge in [-0.2, -0.15) is 5.26 Å². The predicted molar refractivity (Wildman–Crippen MR) is 78.2 cm³/mol. The summed E-state index contributed by atoms with van der Waals surface area (Å²) in [5.41, 5.74) is 0.486.